The number of ether oxygens (including phenoxy) is 1. The summed E-state index contributed by atoms with van der Waals surface area (Å²) in [6, 6.07) is 2.77. The molecule has 9 nitrogen and oxygen atoms in total. The van der Waals surface area contributed by atoms with Crippen LogP contribution in [0.4, 0.5) is 17.3 Å². The molecule has 0 amide bonds. The van der Waals surface area contributed by atoms with Crippen molar-refractivity contribution in [1.82, 2.24) is 14.8 Å². The molecule has 21 heavy (non-hydrogen) atoms. The van der Waals surface area contributed by atoms with E-state index in [1.807, 2.05) is 0 Å². The van der Waals surface area contributed by atoms with E-state index < -0.39 is 10.9 Å². The lowest BCUT2D eigenvalue weighted by molar-refractivity contribution is -0.384. The summed E-state index contributed by atoms with van der Waals surface area (Å²) in [5.41, 5.74) is -0.0205. The van der Waals surface area contributed by atoms with Gasteiger partial charge < -0.3 is 10.1 Å². The van der Waals surface area contributed by atoms with Crippen molar-refractivity contribution >= 4 is 23.3 Å². The number of rotatable bonds is 5. The summed E-state index contributed by atoms with van der Waals surface area (Å²) in [4.78, 5) is 26.1. The minimum absolute atomic E-state index is 0.0247. The second-order valence-corrected chi connectivity index (χ2v) is 4.00. The molecule has 9 heteroatoms. The van der Waals surface area contributed by atoms with Crippen LogP contribution < -0.4 is 5.32 Å². The predicted molar refractivity (Wildman–Crippen MR) is 73.3 cm³/mol. The lowest BCUT2D eigenvalue weighted by atomic mass is 10.3. The van der Waals surface area contributed by atoms with Crippen molar-refractivity contribution in [2.75, 3.05) is 11.9 Å². The SMILES string of the molecule is CCOC(=O)c1cnn(C)c1Nc1ncccc1[N+](=O)[O-]. The molecule has 0 aliphatic carbocycles. The van der Waals surface area contributed by atoms with Crippen molar-refractivity contribution < 1.29 is 14.5 Å². The molecule has 0 aromatic carbocycles. The smallest absolute Gasteiger partial charge is 0.343 e. The maximum Gasteiger partial charge on any atom is 0.343 e. The highest BCUT2D eigenvalue weighted by atomic mass is 16.6. The number of anilines is 2. The molecule has 0 saturated heterocycles. The van der Waals surface area contributed by atoms with Gasteiger partial charge in [0.25, 0.3) is 0 Å². The standard InChI is InChI=1S/C12H13N5O4/c1-3-21-12(18)8-7-14-16(2)11(8)15-10-9(17(19)20)5-4-6-13-10/h4-7H,3H2,1-2H3,(H,13,15). The van der Waals surface area contributed by atoms with Crippen LogP contribution >= 0.6 is 0 Å². The third kappa shape index (κ3) is 2.96. The fraction of sp³-hybridized carbons (Fsp3) is 0.250. The van der Waals surface area contributed by atoms with Gasteiger partial charge in [-0.2, -0.15) is 5.10 Å². The minimum Gasteiger partial charge on any atom is -0.462 e. The van der Waals surface area contributed by atoms with Crippen molar-refractivity contribution in [1.29, 1.82) is 0 Å². The number of pyridine rings is 1. The average molecular weight is 291 g/mol. The zero-order valence-corrected chi connectivity index (χ0v) is 11.4. The van der Waals surface area contributed by atoms with Gasteiger partial charge in [0.05, 0.1) is 17.7 Å². The first-order valence-electron chi connectivity index (χ1n) is 6.10. The van der Waals surface area contributed by atoms with Crippen LogP contribution in [0.15, 0.2) is 24.5 Å². The molecule has 110 valence electrons. The van der Waals surface area contributed by atoms with Crippen LogP contribution in [0.25, 0.3) is 0 Å². The van der Waals surface area contributed by atoms with Crippen LogP contribution in [0, 0.1) is 10.1 Å². The number of aryl methyl sites for hydroxylation is 1. The topological polar surface area (TPSA) is 112 Å². The third-order valence-corrected chi connectivity index (χ3v) is 2.65. The van der Waals surface area contributed by atoms with Crippen LogP contribution in [0.5, 0.6) is 0 Å². The molecule has 0 bridgehead atoms. The highest BCUT2D eigenvalue weighted by Gasteiger charge is 2.21. The Balaban J connectivity index is 2.39. The monoisotopic (exact) mass is 291 g/mol. The van der Waals surface area contributed by atoms with E-state index in [-0.39, 0.29) is 29.5 Å². The molecule has 2 rings (SSSR count). The molecule has 2 aromatic rings. The Morgan fingerprint density at radius 2 is 2.33 bits per heavy atom. The maximum absolute atomic E-state index is 11.8. The molecule has 0 spiro atoms. The van der Waals surface area contributed by atoms with Crippen LogP contribution in [0.2, 0.25) is 0 Å². The fourth-order valence-electron chi connectivity index (χ4n) is 1.70. The second-order valence-electron chi connectivity index (χ2n) is 4.00. The number of aromatic nitrogens is 3. The average Bonchev–Trinajstić information content (AvgIpc) is 2.81. The summed E-state index contributed by atoms with van der Waals surface area (Å²) in [5.74, 6) is -0.265. The van der Waals surface area contributed by atoms with Crippen LogP contribution in [-0.4, -0.2) is 32.3 Å². The van der Waals surface area contributed by atoms with E-state index in [0.717, 1.165) is 0 Å². The number of nitrogens with one attached hydrogen (secondary N) is 1. The number of nitrogens with zero attached hydrogens (tertiary/aromatic N) is 4. The normalized spacial score (nSPS) is 10.2. The highest BCUT2D eigenvalue weighted by Crippen LogP contribution is 2.26. The molecule has 0 aliphatic heterocycles. The molecule has 0 aliphatic rings. The molecule has 0 radical (unpaired) electrons. The van der Waals surface area contributed by atoms with Crippen molar-refractivity contribution in [3.05, 3.63) is 40.2 Å². The quantitative estimate of drug-likeness (QED) is 0.506. The van der Waals surface area contributed by atoms with Gasteiger partial charge in [-0.1, -0.05) is 0 Å². The Hall–Kier alpha value is -2.97. The highest BCUT2D eigenvalue weighted by molar-refractivity contribution is 5.95. The number of carbonyl (C=O) groups excluding carboxylic acids is 1. The van der Waals surface area contributed by atoms with Gasteiger partial charge in [0.2, 0.25) is 5.82 Å². The number of hydrogen-bond donors (Lipinski definition) is 1. The van der Waals surface area contributed by atoms with Gasteiger partial charge in [-0.25, -0.2) is 9.78 Å². The molecule has 0 atom stereocenters. The summed E-state index contributed by atoms with van der Waals surface area (Å²) >= 11 is 0. The molecule has 2 aromatic heterocycles. The number of hydrogen-bond acceptors (Lipinski definition) is 7. The Bertz CT molecular complexity index is 682. The van der Waals surface area contributed by atoms with Crippen molar-refractivity contribution in [2.45, 2.75) is 6.92 Å². The largest absolute Gasteiger partial charge is 0.462 e. The summed E-state index contributed by atoms with van der Waals surface area (Å²) in [6.45, 7) is 1.90. The first-order chi connectivity index (χ1) is 10.0. The van der Waals surface area contributed by atoms with E-state index >= 15 is 0 Å². The molecule has 1 N–H and O–H groups in total. The molecule has 0 saturated carbocycles. The van der Waals surface area contributed by atoms with E-state index in [1.165, 1.54) is 29.2 Å². The van der Waals surface area contributed by atoms with Gasteiger partial charge in [0, 0.05) is 19.3 Å². The van der Waals surface area contributed by atoms with Gasteiger partial charge in [0.15, 0.2) is 0 Å². The Kier molecular flexibility index (Phi) is 4.12. The second kappa shape index (κ2) is 5.99. The molecule has 0 unspecified atom stereocenters. The van der Waals surface area contributed by atoms with E-state index in [0.29, 0.717) is 0 Å². The number of carbonyl (C=O) groups is 1. The number of esters is 1. The van der Waals surface area contributed by atoms with E-state index in [2.05, 4.69) is 15.4 Å². The summed E-state index contributed by atoms with van der Waals surface area (Å²) < 4.78 is 6.29. The summed E-state index contributed by atoms with van der Waals surface area (Å²) in [7, 11) is 1.60. The molecular weight excluding hydrogens is 278 g/mol. The van der Waals surface area contributed by atoms with E-state index in [1.54, 1.807) is 14.0 Å². The van der Waals surface area contributed by atoms with Crippen molar-refractivity contribution in [2.24, 2.45) is 7.05 Å². The van der Waals surface area contributed by atoms with Crippen LogP contribution in [0.1, 0.15) is 17.3 Å². The summed E-state index contributed by atoms with van der Waals surface area (Å²) in [6.07, 6.45) is 2.74. The first-order valence-corrected chi connectivity index (χ1v) is 6.10. The zero-order chi connectivity index (χ0) is 15.4. The Labute approximate surface area is 119 Å². The van der Waals surface area contributed by atoms with Gasteiger partial charge >= 0.3 is 11.7 Å². The van der Waals surface area contributed by atoms with Gasteiger partial charge in [-0.3, -0.25) is 14.8 Å². The summed E-state index contributed by atoms with van der Waals surface area (Å²) in [5, 5.41) is 17.7. The fourth-order valence-corrected chi connectivity index (χ4v) is 1.70. The lowest BCUT2D eigenvalue weighted by Gasteiger charge is -2.08. The maximum atomic E-state index is 11.8. The molecular formula is C12H13N5O4. The van der Waals surface area contributed by atoms with Gasteiger partial charge in [0.1, 0.15) is 11.4 Å². The first kappa shape index (κ1) is 14.4. The number of nitro groups is 1. The Morgan fingerprint density at radius 3 is 3.00 bits per heavy atom. The van der Waals surface area contributed by atoms with Crippen LogP contribution in [0.3, 0.4) is 0 Å². The van der Waals surface area contributed by atoms with E-state index in [9.17, 15) is 14.9 Å². The minimum atomic E-state index is -0.563. The van der Waals surface area contributed by atoms with Gasteiger partial charge in [-0.05, 0) is 13.0 Å². The van der Waals surface area contributed by atoms with E-state index in [4.69, 9.17) is 4.74 Å². The van der Waals surface area contributed by atoms with Crippen molar-refractivity contribution in [3.8, 4) is 0 Å². The Morgan fingerprint density at radius 1 is 1.57 bits per heavy atom. The third-order valence-electron chi connectivity index (χ3n) is 2.65. The lowest BCUT2D eigenvalue weighted by Crippen LogP contribution is -2.09. The predicted octanol–water partition coefficient (Wildman–Crippen LogP) is 1.64. The molecule has 2 heterocycles. The van der Waals surface area contributed by atoms with Crippen LogP contribution in [-0.2, 0) is 11.8 Å². The molecule has 0 fully saturated rings. The van der Waals surface area contributed by atoms with Gasteiger partial charge in [-0.15, -0.1) is 0 Å². The van der Waals surface area contributed by atoms with Crippen molar-refractivity contribution in [3.63, 3.8) is 0 Å². The zero-order valence-electron chi connectivity index (χ0n) is 11.4.